The lowest BCUT2D eigenvalue weighted by atomic mass is 10.0. The molecule has 144 valence electrons. The second-order valence-corrected chi connectivity index (χ2v) is 7.19. The van der Waals surface area contributed by atoms with Crippen molar-refractivity contribution in [2.45, 2.75) is 13.0 Å². The number of nitrogens with one attached hydrogen (secondary N) is 2. The Morgan fingerprint density at radius 3 is 2.79 bits per heavy atom. The molecule has 6 nitrogen and oxygen atoms in total. The van der Waals surface area contributed by atoms with Gasteiger partial charge in [-0.15, -0.1) is 0 Å². The molecular weight excluding hydrogens is 378 g/mol. The van der Waals surface area contributed by atoms with E-state index < -0.39 is 0 Å². The number of aromatic nitrogens is 1. The number of benzene rings is 2. The number of nitrogens with zero attached hydrogens (tertiary/aromatic N) is 1. The fourth-order valence-electron chi connectivity index (χ4n) is 3.60. The summed E-state index contributed by atoms with van der Waals surface area (Å²) in [6.07, 6.45) is 0.648. The smallest absolute Gasteiger partial charge is 0.238 e. The van der Waals surface area contributed by atoms with Gasteiger partial charge in [0.05, 0.1) is 29.6 Å². The summed E-state index contributed by atoms with van der Waals surface area (Å²) in [6, 6.07) is 12.7. The number of pyridine rings is 1. The third kappa shape index (κ3) is 3.48. The van der Waals surface area contributed by atoms with Crippen molar-refractivity contribution in [3.63, 3.8) is 0 Å². The quantitative estimate of drug-likeness (QED) is 0.709. The van der Waals surface area contributed by atoms with E-state index in [0.29, 0.717) is 46.7 Å². The predicted molar refractivity (Wildman–Crippen MR) is 110 cm³/mol. The number of halogens is 1. The maximum absolute atomic E-state index is 13.1. The third-order valence-electron chi connectivity index (χ3n) is 4.96. The molecule has 2 aromatic carbocycles. The molecule has 2 heterocycles. The first-order chi connectivity index (χ1) is 13.6. The molecule has 0 atom stereocenters. The molecule has 0 bridgehead atoms. The third-order valence-corrected chi connectivity index (χ3v) is 5.28. The van der Waals surface area contributed by atoms with Crippen molar-refractivity contribution >= 4 is 34.1 Å². The number of amides is 1. The van der Waals surface area contributed by atoms with Crippen molar-refractivity contribution in [1.82, 2.24) is 9.88 Å². The molecule has 0 aliphatic carbocycles. The molecule has 1 aliphatic rings. The van der Waals surface area contributed by atoms with Crippen LogP contribution in [-0.2, 0) is 17.8 Å². The van der Waals surface area contributed by atoms with Crippen LogP contribution in [0.5, 0.6) is 5.75 Å². The van der Waals surface area contributed by atoms with Crippen LogP contribution in [0.2, 0.25) is 5.02 Å². The van der Waals surface area contributed by atoms with Crippen LogP contribution in [0.25, 0.3) is 10.9 Å². The first-order valence-electron chi connectivity index (χ1n) is 9.04. The molecule has 0 saturated carbocycles. The van der Waals surface area contributed by atoms with Crippen molar-refractivity contribution < 1.29 is 9.53 Å². The normalized spacial score (nSPS) is 13.9. The monoisotopic (exact) mass is 397 g/mol. The Bertz CT molecular complexity index is 1100. The number of carbonyl (C=O) groups is 1. The molecule has 2 N–H and O–H groups in total. The number of fused-ring (bicyclic) bond motifs is 2. The summed E-state index contributed by atoms with van der Waals surface area (Å²) in [4.78, 5) is 30.7. The molecule has 0 fully saturated rings. The number of H-pyrrole nitrogens is 1. The van der Waals surface area contributed by atoms with E-state index >= 15 is 0 Å². The zero-order valence-electron chi connectivity index (χ0n) is 15.4. The Balaban J connectivity index is 1.59. The van der Waals surface area contributed by atoms with Gasteiger partial charge >= 0.3 is 0 Å². The van der Waals surface area contributed by atoms with Crippen LogP contribution in [0.1, 0.15) is 11.3 Å². The van der Waals surface area contributed by atoms with Crippen LogP contribution in [0.4, 0.5) is 5.69 Å². The summed E-state index contributed by atoms with van der Waals surface area (Å²) in [6.45, 7) is 1.30. The number of ether oxygens (including phenoxy) is 1. The SMILES string of the molecule is COc1ccc(Cl)c2c(=O)c3c([nH]c12)CCN(CC(=O)Nc1ccccc1)C3. The van der Waals surface area contributed by atoms with Gasteiger partial charge in [0.15, 0.2) is 5.43 Å². The molecular formula is C21H20ClN3O3. The lowest BCUT2D eigenvalue weighted by Crippen LogP contribution is -2.39. The average molecular weight is 398 g/mol. The van der Waals surface area contributed by atoms with Crippen molar-refractivity contribution in [2.24, 2.45) is 0 Å². The fraction of sp³-hybridized carbons (Fsp3) is 0.238. The molecule has 0 spiro atoms. The molecule has 4 rings (SSSR count). The van der Waals surface area contributed by atoms with E-state index in [1.54, 1.807) is 19.2 Å². The van der Waals surface area contributed by atoms with Crippen LogP contribution < -0.4 is 15.5 Å². The molecule has 0 unspecified atom stereocenters. The number of para-hydroxylation sites is 1. The summed E-state index contributed by atoms with van der Waals surface area (Å²) >= 11 is 6.29. The van der Waals surface area contributed by atoms with Crippen LogP contribution in [0.3, 0.4) is 0 Å². The Morgan fingerprint density at radius 1 is 1.25 bits per heavy atom. The van der Waals surface area contributed by atoms with E-state index in [1.807, 2.05) is 35.2 Å². The highest BCUT2D eigenvalue weighted by atomic mass is 35.5. The molecule has 28 heavy (non-hydrogen) atoms. The van der Waals surface area contributed by atoms with Crippen LogP contribution in [0, 0.1) is 0 Å². The topological polar surface area (TPSA) is 74.4 Å². The number of hydrogen-bond acceptors (Lipinski definition) is 4. The molecule has 1 amide bonds. The molecule has 1 aliphatic heterocycles. The van der Waals surface area contributed by atoms with Crippen molar-refractivity contribution in [3.05, 3.63) is 69.0 Å². The minimum atomic E-state index is -0.110. The standard InChI is InChI=1S/C21H20ClN3O3/c1-28-17-8-7-15(22)19-20(17)24-16-9-10-25(11-14(16)21(19)27)12-18(26)23-13-5-3-2-4-6-13/h2-8H,9-12H2,1H3,(H,23,26)(H,24,27). The highest BCUT2D eigenvalue weighted by Gasteiger charge is 2.24. The van der Waals surface area contributed by atoms with Crippen molar-refractivity contribution in [3.8, 4) is 5.75 Å². The van der Waals surface area contributed by atoms with Crippen LogP contribution >= 0.6 is 11.6 Å². The van der Waals surface area contributed by atoms with E-state index in [2.05, 4.69) is 10.3 Å². The van der Waals surface area contributed by atoms with Gasteiger partial charge in [0, 0.05) is 36.5 Å². The highest BCUT2D eigenvalue weighted by Crippen LogP contribution is 2.30. The molecule has 7 heteroatoms. The maximum atomic E-state index is 13.1. The van der Waals surface area contributed by atoms with E-state index in [0.717, 1.165) is 11.4 Å². The van der Waals surface area contributed by atoms with Crippen LogP contribution in [-0.4, -0.2) is 36.0 Å². The largest absolute Gasteiger partial charge is 0.495 e. The number of aromatic amines is 1. The lowest BCUT2D eigenvalue weighted by Gasteiger charge is -2.28. The number of carbonyl (C=O) groups excluding carboxylic acids is 1. The number of methoxy groups -OCH3 is 1. The minimum absolute atomic E-state index is 0.105. The Kier molecular flexibility index (Phi) is 5.07. The summed E-state index contributed by atoms with van der Waals surface area (Å²) in [5, 5.41) is 3.69. The highest BCUT2D eigenvalue weighted by molar-refractivity contribution is 6.35. The van der Waals surface area contributed by atoms with Gasteiger partial charge in [-0.2, -0.15) is 0 Å². The van der Waals surface area contributed by atoms with Gasteiger partial charge in [0.25, 0.3) is 0 Å². The summed E-state index contributed by atoms with van der Waals surface area (Å²) < 4.78 is 5.37. The van der Waals surface area contributed by atoms with Gasteiger partial charge in [0.1, 0.15) is 5.75 Å². The second kappa shape index (κ2) is 7.66. The van der Waals surface area contributed by atoms with Gasteiger partial charge in [0.2, 0.25) is 5.91 Å². The van der Waals surface area contributed by atoms with E-state index in [-0.39, 0.29) is 17.9 Å². The second-order valence-electron chi connectivity index (χ2n) is 6.79. The van der Waals surface area contributed by atoms with Crippen molar-refractivity contribution in [1.29, 1.82) is 0 Å². The Labute approximate surface area is 167 Å². The van der Waals surface area contributed by atoms with E-state index in [9.17, 15) is 9.59 Å². The van der Waals surface area contributed by atoms with Gasteiger partial charge in [-0.25, -0.2) is 0 Å². The minimum Gasteiger partial charge on any atom is -0.495 e. The summed E-state index contributed by atoms with van der Waals surface area (Å²) in [7, 11) is 1.56. The Morgan fingerprint density at radius 2 is 2.04 bits per heavy atom. The van der Waals surface area contributed by atoms with E-state index in [1.165, 1.54) is 0 Å². The maximum Gasteiger partial charge on any atom is 0.238 e. The van der Waals surface area contributed by atoms with Gasteiger partial charge in [-0.05, 0) is 24.3 Å². The van der Waals surface area contributed by atoms with Crippen LogP contribution in [0.15, 0.2) is 47.3 Å². The van der Waals surface area contributed by atoms with Gasteiger partial charge < -0.3 is 15.0 Å². The first-order valence-corrected chi connectivity index (χ1v) is 9.42. The lowest BCUT2D eigenvalue weighted by molar-refractivity contribution is -0.117. The first kappa shape index (κ1) is 18.5. The molecule has 3 aromatic rings. The van der Waals surface area contributed by atoms with Crippen molar-refractivity contribution in [2.75, 3.05) is 25.5 Å². The molecule has 0 saturated heterocycles. The predicted octanol–water partition coefficient (Wildman–Crippen LogP) is 3.19. The number of anilines is 1. The number of rotatable bonds is 4. The summed E-state index contributed by atoms with van der Waals surface area (Å²) in [5.74, 6) is 0.482. The van der Waals surface area contributed by atoms with Gasteiger partial charge in [-0.1, -0.05) is 29.8 Å². The Hall–Kier alpha value is -2.83. The van der Waals surface area contributed by atoms with Gasteiger partial charge in [-0.3, -0.25) is 14.5 Å². The fourth-order valence-corrected chi connectivity index (χ4v) is 3.85. The van der Waals surface area contributed by atoms with E-state index in [4.69, 9.17) is 16.3 Å². The zero-order valence-corrected chi connectivity index (χ0v) is 16.2. The molecule has 0 radical (unpaired) electrons. The number of hydrogen-bond donors (Lipinski definition) is 2. The zero-order chi connectivity index (χ0) is 19.7. The molecule has 1 aromatic heterocycles. The summed E-state index contributed by atoms with van der Waals surface area (Å²) in [5.41, 5.74) is 2.79. The average Bonchev–Trinajstić information content (AvgIpc) is 2.69.